The summed E-state index contributed by atoms with van der Waals surface area (Å²) in [5.41, 5.74) is 2.26. The molecule has 0 aliphatic heterocycles. The molecule has 1 atom stereocenters. The molecule has 0 aromatic heterocycles. The average Bonchev–Trinajstić information content (AvgIpc) is 2.64. The summed E-state index contributed by atoms with van der Waals surface area (Å²) in [4.78, 5) is 26.6. The van der Waals surface area contributed by atoms with Gasteiger partial charge in [-0.3, -0.25) is 9.59 Å². The summed E-state index contributed by atoms with van der Waals surface area (Å²) in [6, 6.07) is 14.5. The van der Waals surface area contributed by atoms with Gasteiger partial charge in [0.2, 0.25) is 0 Å². The maximum atomic E-state index is 12.4. The molecule has 5 nitrogen and oxygen atoms in total. The van der Waals surface area contributed by atoms with Crippen molar-refractivity contribution in [2.45, 2.75) is 33.8 Å². The number of anilines is 1. The van der Waals surface area contributed by atoms with Gasteiger partial charge < -0.3 is 15.0 Å². The fourth-order valence-electron chi connectivity index (χ4n) is 2.54. The second-order valence-corrected chi connectivity index (χ2v) is 6.12. The highest BCUT2D eigenvalue weighted by Crippen LogP contribution is 2.16. The molecular weight excluding hydrogens is 328 g/mol. The topological polar surface area (TPSA) is 58.6 Å². The molecule has 138 valence electrons. The zero-order valence-electron chi connectivity index (χ0n) is 15.8. The van der Waals surface area contributed by atoms with Crippen LogP contribution < -0.4 is 10.1 Å². The van der Waals surface area contributed by atoms with E-state index in [0.717, 1.165) is 5.56 Å². The minimum atomic E-state index is -0.653. The van der Waals surface area contributed by atoms with E-state index in [1.165, 1.54) is 0 Å². The first-order chi connectivity index (χ1) is 12.4. The molecular formula is C21H26N2O3. The third-order valence-corrected chi connectivity index (χ3v) is 4.13. The Balaban J connectivity index is 2.03. The molecule has 5 heteroatoms. The number of hydrogen-bond donors (Lipinski definition) is 1. The van der Waals surface area contributed by atoms with Gasteiger partial charge in [-0.25, -0.2) is 0 Å². The summed E-state index contributed by atoms with van der Waals surface area (Å²) >= 11 is 0. The largest absolute Gasteiger partial charge is 0.481 e. The van der Waals surface area contributed by atoms with E-state index in [-0.39, 0.29) is 11.8 Å². The fourth-order valence-corrected chi connectivity index (χ4v) is 2.54. The predicted octanol–water partition coefficient (Wildman–Crippen LogP) is 3.88. The molecule has 2 aromatic rings. The van der Waals surface area contributed by atoms with Gasteiger partial charge in [0.25, 0.3) is 11.8 Å². The Morgan fingerprint density at radius 2 is 1.73 bits per heavy atom. The Morgan fingerprint density at radius 3 is 2.35 bits per heavy atom. The molecule has 1 unspecified atom stereocenters. The number of carbonyl (C=O) groups excluding carboxylic acids is 2. The van der Waals surface area contributed by atoms with E-state index in [2.05, 4.69) is 5.32 Å². The molecule has 0 saturated carbocycles. The van der Waals surface area contributed by atoms with Gasteiger partial charge in [0.05, 0.1) is 0 Å². The zero-order chi connectivity index (χ0) is 19.1. The molecule has 0 saturated heterocycles. The van der Waals surface area contributed by atoms with Crippen molar-refractivity contribution in [3.05, 3.63) is 59.7 Å². The van der Waals surface area contributed by atoms with E-state index < -0.39 is 6.10 Å². The van der Waals surface area contributed by atoms with Gasteiger partial charge in [-0.2, -0.15) is 0 Å². The van der Waals surface area contributed by atoms with Crippen LogP contribution in [0.1, 0.15) is 36.7 Å². The summed E-state index contributed by atoms with van der Waals surface area (Å²) in [6.07, 6.45) is -0.653. The highest BCUT2D eigenvalue weighted by molar-refractivity contribution is 5.98. The lowest BCUT2D eigenvalue weighted by atomic mass is 10.1. The van der Waals surface area contributed by atoms with Gasteiger partial charge >= 0.3 is 0 Å². The molecule has 2 rings (SSSR count). The first kappa shape index (κ1) is 19.5. The number of benzene rings is 2. The molecule has 0 radical (unpaired) electrons. The van der Waals surface area contributed by atoms with Crippen LogP contribution in [0.3, 0.4) is 0 Å². The zero-order valence-corrected chi connectivity index (χ0v) is 15.8. The molecule has 1 N–H and O–H groups in total. The highest BCUT2D eigenvalue weighted by atomic mass is 16.5. The maximum absolute atomic E-state index is 12.4. The number of ether oxygens (including phenoxy) is 1. The van der Waals surface area contributed by atoms with Gasteiger partial charge in [-0.15, -0.1) is 0 Å². The van der Waals surface area contributed by atoms with Crippen molar-refractivity contribution in [2.75, 3.05) is 18.4 Å². The molecule has 26 heavy (non-hydrogen) atoms. The molecule has 0 bridgehead atoms. The summed E-state index contributed by atoms with van der Waals surface area (Å²) < 4.78 is 5.67. The molecule has 2 aromatic carbocycles. The molecule has 2 amide bonds. The third-order valence-electron chi connectivity index (χ3n) is 4.13. The normalized spacial score (nSPS) is 11.5. The van der Waals surface area contributed by atoms with E-state index in [1.54, 1.807) is 36.1 Å². The average molecular weight is 354 g/mol. The van der Waals surface area contributed by atoms with Crippen molar-refractivity contribution >= 4 is 17.5 Å². The Morgan fingerprint density at radius 1 is 1.08 bits per heavy atom. The Labute approximate surface area is 155 Å². The number of rotatable bonds is 7. The summed E-state index contributed by atoms with van der Waals surface area (Å²) in [7, 11) is 0. The minimum Gasteiger partial charge on any atom is -0.481 e. The Kier molecular flexibility index (Phi) is 6.78. The SMILES string of the molecule is CCN(CC)C(=O)c1cccc(NC(=O)C(C)Oc2ccc(C)cc2)c1. The van der Waals surface area contributed by atoms with E-state index in [9.17, 15) is 9.59 Å². The van der Waals surface area contributed by atoms with Crippen LogP contribution in [-0.2, 0) is 4.79 Å². The van der Waals surface area contributed by atoms with Gasteiger partial charge in [0, 0.05) is 24.3 Å². The monoisotopic (exact) mass is 354 g/mol. The van der Waals surface area contributed by atoms with Crippen LogP contribution in [0, 0.1) is 6.92 Å². The van der Waals surface area contributed by atoms with Crippen LogP contribution >= 0.6 is 0 Å². The number of amides is 2. The third kappa shape index (κ3) is 5.09. The molecule has 0 heterocycles. The van der Waals surface area contributed by atoms with Crippen molar-refractivity contribution < 1.29 is 14.3 Å². The summed E-state index contributed by atoms with van der Waals surface area (Å²) in [6.45, 7) is 8.86. The van der Waals surface area contributed by atoms with Crippen molar-refractivity contribution in [2.24, 2.45) is 0 Å². The number of aryl methyl sites for hydroxylation is 1. The first-order valence-electron chi connectivity index (χ1n) is 8.88. The minimum absolute atomic E-state index is 0.0462. The number of nitrogens with one attached hydrogen (secondary N) is 1. The standard InChI is InChI=1S/C21H26N2O3/c1-5-23(6-2)21(25)17-8-7-9-18(14-17)22-20(24)16(4)26-19-12-10-15(3)11-13-19/h7-14,16H,5-6H2,1-4H3,(H,22,24). The number of carbonyl (C=O) groups is 2. The summed E-state index contributed by atoms with van der Waals surface area (Å²) in [5.74, 6) is 0.330. The van der Waals surface area contributed by atoms with Crippen LogP contribution in [-0.4, -0.2) is 35.9 Å². The Bertz CT molecular complexity index is 752. The van der Waals surface area contributed by atoms with Crippen LogP contribution in [0.5, 0.6) is 5.75 Å². The number of hydrogen-bond acceptors (Lipinski definition) is 3. The lowest BCUT2D eigenvalue weighted by Crippen LogP contribution is -2.31. The van der Waals surface area contributed by atoms with Gasteiger partial charge in [0.1, 0.15) is 5.75 Å². The van der Waals surface area contributed by atoms with Crippen LogP contribution in [0.4, 0.5) is 5.69 Å². The second kappa shape index (κ2) is 9.04. The van der Waals surface area contributed by atoms with E-state index in [1.807, 2.05) is 45.0 Å². The van der Waals surface area contributed by atoms with Crippen molar-refractivity contribution in [1.82, 2.24) is 4.90 Å². The Hall–Kier alpha value is -2.82. The van der Waals surface area contributed by atoms with E-state index >= 15 is 0 Å². The molecule has 0 aliphatic carbocycles. The van der Waals surface area contributed by atoms with Gasteiger partial charge in [-0.05, 0) is 58.0 Å². The van der Waals surface area contributed by atoms with Crippen LogP contribution in [0.2, 0.25) is 0 Å². The van der Waals surface area contributed by atoms with E-state index in [0.29, 0.717) is 30.1 Å². The quantitative estimate of drug-likeness (QED) is 0.821. The van der Waals surface area contributed by atoms with Crippen molar-refractivity contribution in [3.8, 4) is 5.75 Å². The van der Waals surface area contributed by atoms with Gasteiger partial charge in [0.15, 0.2) is 6.10 Å². The lowest BCUT2D eigenvalue weighted by molar-refractivity contribution is -0.122. The van der Waals surface area contributed by atoms with Crippen molar-refractivity contribution in [3.63, 3.8) is 0 Å². The van der Waals surface area contributed by atoms with Crippen LogP contribution in [0.15, 0.2) is 48.5 Å². The van der Waals surface area contributed by atoms with Crippen LogP contribution in [0.25, 0.3) is 0 Å². The fraction of sp³-hybridized carbons (Fsp3) is 0.333. The molecule has 0 fully saturated rings. The number of nitrogens with zero attached hydrogens (tertiary/aromatic N) is 1. The van der Waals surface area contributed by atoms with Gasteiger partial charge in [-0.1, -0.05) is 23.8 Å². The molecule has 0 spiro atoms. The van der Waals surface area contributed by atoms with Crippen molar-refractivity contribution in [1.29, 1.82) is 0 Å². The maximum Gasteiger partial charge on any atom is 0.265 e. The first-order valence-corrected chi connectivity index (χ1v) is 8.88. The lowest BCUT2D eigenvalue weighted by Gasteiger charge is -2.19. The smallest absolute Gasteiger partial charge is 0.265 e. The summed E-state index contributed by atoms with van der Waals surface area (Å²) in [5, 5.41) is 2.81. The van der Waals surface area contributed by atoms with E-state index in [4.69, 9.17) is 4.74 Å². The highest BCUT2D eigenvalue weighted by Gasteiger charge is 2.17. The second-order valence-electron chi connectivity index (χ2n) is 6.12. The predicted molar refractivity (Wildman–Crippen MR) is 104 cm³/mol. The molecule has 0 aliphatic rings.